The minimum atomic E-state index is -0.391. The highest BCUT2D eigenvalue weighted by Crippen LogP contribution is 2.38. The number of benzene rings is 12. The third-order valence-corrected chi connectivity index (χ3v) is 24.4. The summed E-state index contributed by atoms with van der Waals surface area (Å²) < 4.78 is 40.9. The lowest BCUT2D eigenvalue weighted by Crippen LogP contribution is -2.14. The van der Waals surface area contributed by atoms with Crippen LogP contribution in [0.1, 0.15) is 23.6 Å². The molecule has 0 aromatic heterocycles. The molecule has 12 nitrogen and oxygen atoms in total. The smallest absolute Gasteiger partial charge is 0.344 e. The average Bonchev–Trinajstić information content (AvgIpc) is 0.817. The fourth-order valence-corrected chi connectivity index (χ4v) is 19.2. The summed E-state index contributed by atoms with van der Waals surface area (Å²) in [6.45, 7) is 7.92. The van der Waals surface area contributed by atoms with E-state index in [0.717, 1.165) is 22.4 Å². The molecule has 0 saturated heterocycles. The summed E-state index contributed by atoms with van der Waals surface area (Å²) in [4.78, 5) is 60.3. The standard InChI is InChI=1S/C23H23O3S.2C22H21O3S.C21H19O3S/c1-17-14-21(15-18(2)23(17)26-16-22(24)25-3)27(19-10-6-4-7-11-19)20-12-8-5-9-13-20;1-17-15-18(25-16-22(23)24-2)13-14-21(17)26(19-9-5-3-6-10-19)20-11-7-4-8-12-20;1-2-24-22(23)17-25-18-13-15-21(16-14-18)26(19-9-5-3-6-10-19)20-11-7-4-8-12-20;1-23-21(22)16-24-17-12-14-20(15-13-17)25(18-8-4-2-5-9-18)19-10-6-3-7-11-19/h4-15H,16H2,1-3H3;3-15H,16H2,1-2H3;3-16H,2,17H2,1H3;2-15H,16H2,1H3/q4*+1. The Balaban J connectivity index is 0.000000161. The van der Waals surface area contributed by atoms with Gasteiger partial charge in [-0.2, -0.15) is 0 Å². The second-order valence-electron chi connectivity index (χ2n) is 22.7. The molecular formula is C88H84O12S4+4. The van der Waals surface area contributed by atoms with Crippen LogP contribution >= 0.6 is 0 Å². The van der Waals surface area contributed by atoms with Crippen molar-refractivity contribution in [1.29, 1.82) is 0 Å². The van der Waals surface area contributed by atoms with Crippen molar-refractivity contribution in [2.45, 2.75) is 86.4 Å². The molecule has 0 heterocycles. The Morgan fingerprint density at radius 2 is 0.510 bits per heavy atom. The van der Waals surface area contributed by atoms with Gasteiger partial charge in [0.25, 0.3) is 0 Å². The van der Waals surface area contributed by atoms with Crippen LogP contribution in [-0.2, 0) is 81.7 Å². The number of carbonyl (C=O) groups excluding carboxylic acids is 4. The molecule has 0 aliphatic rings. The molecule has 0 fully saturated rings. The molecule has 12 aromatic carbocycles. The van der Waals surface area contributed by atoms with E-state index in [1.807, 2.05) is 98.8 Å². The first kappa shape index (κ1) is 77.3. The molecule has 0 atom stereocenters. The number of hydrogen-bond donors (Lipinski definition) is 0. The summed E-state index contributed by atoms with van der Waals surface area (Å²) in [6, 6.07) is 110. The van der Waals surface area contributed by atoms with E-state index in [2.05, 4.69) is 258 Å². The lowest BCUT2D eigenvalue weighted by molar-refractivity contribution is -0.145. The summed E-state index contributed by atoms with van der Waals surface area (Å²) in [5.41, 5.74) is 3.15. The van der Waals surface area contributed by atoms with Gasteiger partial charge >= 0.3 is 23.9 Å². The number of carbonyl (C=O) groups is 4. The maximum Gasteiger partial charge on any atom is 0.344 e. The number of aryl methyl sites for hydroxylation is 3. The largest absolute Gasteiger partial charge is 0.482 e. The highest BCUT2D eigenvalue weighted by Gasteiger charge is 2.33. The molecule has 0 radical (unpaired) electrons. The first-order valence-electron chi connectivity index (χ1n) is 33.5. The summed E-state index contributed by atoms with van der Waals surface area (Å²) in [5.74, 6) is 1.20. The average molecular weight is 1460 g/mol. The van der Waals surface area contributed by atoms with Crippen molar-refractivity contribution in [3.63, 3.8) is 0 Å². The zero-order chi connectivity index (χ0) is 73.3. The van der Waals surface area contributed by atoms with Crippen molar-refractivity contribution < 1.29 is 57.1 Å². The van der Waals surface area contributed by atoms with Gasteiger partial charge in [0.1, 0.15) is 23.0 Å². The Kier molecular flexibility index (Phi) is 30.7. The monoisotopic (exact) mass is 1460 g/mol. The molecule has 0 saturated carbocycles. The van der Waals surface area contributed by atoms with Gasteiger partial charge in [-0.05, 0) is 203 Å². The first-order chi connectivity index (χ1) is 50.8. The van der Waals surface area contributed by atoms with Gasteiger partial charge in [0, 0.05) is 17.7 Å². The van der Waals surface area contributed by atoms with Crippen molar-refractivity contribution >= 4 is 67.5 Å². The minimum absolute atomic E-state index is 0.0731. The predicted molar refractivity (Wildman–Crippen MR) is 415 cm³/mol. The van der Waals surface area contributed by atoms with Crippen molar-refractivity contribution in [1.82, 2.24) is 0 Å². The molecule has 16 heteroatoms. The quantitative estimate of drug-likeness (QED) is 0.0305. The fraction of sp³-hybridized carbons (Fsp3) is 0.136. The molecule has 12 aromatic rings. The predicted octanol–water partition coefficient (Wildman–Crippen LogP) is 18.7. The zero-order valence-electron chi connectivity index (χ0n) is 59.2. The topological polar surface area (TPSA) is 142 Å². The van der Waals surface area contributed by atoms with Crippen LogP contribution < -0.4 is 18.9 Å². The Morgan fingerprint density at radius 1 is 0.260 bits per heavy atom. The van der Waals surface area contributed by atoms with E-state index in [9.17, 15) is 19.2 Å². The van der Waals surface area contributed by atoms with Crippen LogP contribution in [0.2, 0.25) is 0 Å². The van der Waals surface area contributed by atoms with Crippen molar-refractivity contribution in [2.75, 3.05) is 54.4 Å². The number of esters is 4. The maximum atomic E-state index is 11.4. The molecule has 0 unspecified atom stereocenters. The van der Waals surface area contributed by atoms with Gasteiger partial charge in [-0.25, -0.2) is 19.2 Å². The van der Waals surface area contributed by atoms with Crippen LogP contribution in [0.4, 0.5) is 0 Å². The van der Waals surface area contributed by atoms with Gasteiger partial charge in [-0.1, -0.05) is 146 Å². The maximum absolute atomic E-state index is 11.4. The van der Waals surface area contributed by atoms with Crippen LogP contribution in [0.25, 0.3) is 0 Å². The summed E-state index contributed by atoms with van der Waals surface area (Å²) >= 11 is 0. The molecular weight excluding hydrogens is 1380 g/mol. The minimum Gasteiger partial charge on any atom is -0.482 e. The molecule has 12 rings (SSSR count). The van der Waals surface area contributed by atoms with Crippen molar-refractivity contribution in [3.05, 3.63) is 338 Å². The van der Waals surface area contributed by atoms with E-state index in [0.29, 0.717) is 23.9 Å². The van der Waals surface area contributed by atoms with Crippen LogP contribution in [0.15, 0.2) is 380 Å². The van der Waals surface area contributed by atoms with E-state index in [4.69, 9.17) is 23.7 Å². The van der Waals surface area contributed by atoms with Gasteiger partial charge in [0.15, 0.2) is 85.2 Å². The molecule has 0 aliphatic heterocycles. The fourth-order valence-electron chi connectivity index (χ4n) is 10.5. The zero-order valence-corrected chi connectivity index (χ0v) is 62.4. The van der Waals surface area contributed by atoms with Crippen molar-refractivity contribution in [2.24, 2.45) is 0 Å². The Bertz CT molecular complexity index is 4390. The lowest BCUT2D eigenvalue weighted by atomic mass is 10.1. The van der Waals surface area contributed by atoms with E-state index in [1.54, 1.807) is 6.92 Å². The first-order valence-corrected chi connectivity index (χ1v) is 38.4. The number of methoxy groups -OCH3 is 3. The number of rotatable bonds is 25. The van der Waals surface area contributed by atoms with Gasteiger partial charge in [-0.3, -0.25) is 0 Å². The summed E-state index contributed by atoms with van der Waals surface area (Å²) in [6.07, 6.45) is 0. The Hall–Kier alpha value is -10.9. The molecule has 0 amide bonds. The van der Waals surface area contributed by atoms with Crippen LogP contribution in [0.3, 0.4) is 0 Å². The third-order valence-electron chi connectivity index (χ3n) is 15.4. The second kappa shape index (κ2) is 41.3. The van der Waals surface area contributed by atoms with Crippen LogP contribution in [-0.4, -0.2) is 78.2 Å². The molecule has 0 spiro atoms. The second-order valence-corrected chi connectivity index (χ2v) is 30.7. The van der Waals surface area contributed by atoms with Gasteiger partial charge in [0.2, 0.25) is 0 Å². The van der Waals surface area contributed by atoms with Crippen LogP contribution in [0, 0.1) is 20.8 Å². The molecule has 104 heavy (non-hydrogen) atoms. The van der Waals surface area contributed by atoms with Crippen LogP contribution in [0.5, 0.6) is 23.0 Å². The Morgan fingerprint density at radius 3 is 0.798 bits per heavy atom. The highest BCUT2D eigenvalue weighted by molar-refractivity contribution is 7.98. The van der Waals surface area contributed by atoms with Gasteiger partial charge < -0.3 is 37.9 Å². The van der Waals surface area contributed by atoms with Gasteiger partial charge in [0.05, 0.1) is 71.5 Å². The highest BCUT2D eigenvalue weighted by atomic mass is 32.2. The van der Waals surface area contributed by atoms with Crippen molar-refractivity contribution in [3.8, 4) is 23.0 Å². The van der Waals surface area contributed by atoms with E-state index >= 15 is 0 Å². The molecule has 528 valence electrons. The van der Waals surface area contributed by atoms with E-state index in [-0.39, 0.29) is 87.9 Å². The number of ether oxygens (including phenoxy) is 8. The van der Waals surface area contributed by atoms with E-state index < -0.39 is 5.97 Å². The summed E-state index contributed by atoms with van der Waals surface area (Å²) in [7, 11) is 3.29. The SMILES string of the molecule is CCOC(=O)COc1ccc([S+](c2ccccc2)c2ccccc2)cc1.COC(=O)COc1c(C)cc([S+](c2ccccc2)c2ccccc2)cc1C.COC(=O)COc1ccc([S+](c2ccccc2)c2ccccc2)c(C)c1.COC(=O)COc1ccc([S+](c2ccccc2)c2ccccc2)cc1. The summed E-state index contributed by atoms with van der Waals surface area (Å²) in [5, 5.41) is 0. The molecule has 0 bridgehead atoms. The lowest BCUT2D eigenvalue weighted by Gasteiger charge is -2.14. The van der Waals surface area contributed by atoms with Gasteiger partial charge in [-0.15, -0.1) is 0 Å². The normalized spacial score (nSPS) is 10.6. The third kappa shape index (κ3) is 23.1. The van der Waals surface area contributed by atoms with E-state index in [1.165, 1.54) is 80.1 Å². The number of hydrogen-bond acceptors (Lipinski definition) is 12. The Labute approximate surface area is 622 Å². The molecule has 0 aliphatic carbocycles. The molecule has 0 N–H and O–H groups in total.